The molecule has 2 amide bonds. The van der Waals surface area contributed by atoms with Gasteiger partial charge in [0.15, 0.2) is 0 Å². The molecule has 0 bridgehead atoms. The quantitative estimate of drug-likeness (QED) is 0.511. The number of benzene rings is 2. The zero-order valence-electron chi connectivity index (χ0n) is 20.7. The van der Waals surface area contributed by atoms with E-state index in [1.54, 1.807) is 43.3 Å². The third kappa shape index (κ3) is 5.20. The first-order valence-electron chi connectivity index (χ1n) is 11.6. The van der Waals surface area contributed by atoms with Gasteiger partial charge in [0.1, 0.15) is 22.8 Å². The van der Waals surface area contributed by atoms with Gasteiger partial charge in [0.2, 0.25) is 11.8 Å². The summed E-state index contributed by atoms with van der Waals surface area (Å²) in [6.45, 7) is 3.50. The molecule has 37 heavy (non-hydrogen) atoms. The summed E-state index contributed by atoms with van der Waals surface area (Å²) in [6.07, 6.45) is 1.62. The Morgan fingerprint density at radius 2 is 1.59 bits per heavy atom. The van der Waals surface area contributed by atoms with Crippen LogP contribution in [0.4, 0.5) is 0 Å². The Morgan fingerprint density at radius 3 is 2.16 bits per heavy atom. The van der Waals surface area contributed by atoms with Crippen LogP contribution in [-0.2, 0) is 26.0 Å². The fourth-order valence-electron chi connectivity index (χ4n) is 4.47. The average Bonchev–Trinajstić information content (AvgIpc) is 2.81. The third-order valence-electron chi connectivity index (χ3n) is 6.45. The Morgan fingerprint density at radius 1 is 0.973 bits per heavy atom. The lowest BCUT2D eigenvalue weighted by atomic mass is 9.98. The van der Waals surface area contributed by atoms with Crippen LogP contribution in [-0.4, -0.2) is 78.0 Å². The molecule has 0 N–H and O–H groups in total. The molecule has 2 aromatic carbocycles. The van der Waals surface area contributed by atoms with Gasteiger partial charge in [0, 0.05) is 28.7 Å². The summed E-state index contributed by atoms with van der Waals surface area (Å²) in [7, 11) is -0.855. The second kappa shape index (κ2) is 10.5. The minimum Gasteiger partial charge on any atom is -0.311 e. The maximum Gasteiger partial charge on any atom is 0.267 e. The SMILES string of the molecule is CC(C)N1C=C2N(C(=O)C(N(C)C)CN2S(=O)(=O)c2ccc(Cl)cc2Cl)C(Cc2ccc(Cl)cc2)C1=O. The summed E-state index contributed by atoms with van der Waals surface area (Å²) in [5, 5.41) is 0.798. The van der Waals surface area contributed by atoms with Crippen LogP contribution in [0.1, 0.15) is 19.4 Å². The van der Waals surface area contributed by atoms with Gasteiger partial charge in [0.05, 0.1) is 11.6 Å². The summed E-state index contributed by atoms with van der Waals surface area (Å²) >= 11 is 18.4. The zero-order chi connectivity index (χ0) is 27.2. The van der Waals surface area contributed by atoms with E-state index in [0.29, 0.717) is 10.0 Å². The Kier molecular flexibility index (Phi) is 7.84. The Labute approximate surface area is 232 Å². The van der Waals surface area contributed by atoms with Gasteiger partial charge in [-0.15, -0.1) is 0 Å². The zero-order valence-corrected chi connectivity index (χ0v) is 23.8. The number of rotatable bonds is 6. The molecule has 2 aromatic rings. The smallest absolute Gasteiger partial charge is 0.267 e. The maximum atomic E-state index is 14.0. The first kappa shape index (κ1) is 27.7. The molecule has 0 saturated carbocycles. The highest BCUT2D eigenvalue weighted by Gasteiger charge is 2.50. The number of carbonyl (C=O) groups is 2. The minimum absolute atomic E-state index is 0.0386. The molecule has 198 valence electrons. The first-order chi connectivity index (χ1) is 17.3. The fourth-order valence-corrected chi connectivity index (χ4v) is 6.80. The van der Waals surface area contributed by atoms with Crippen LogP contribution in [0, 0.1) is 0 Å². The van der Waals surface area contributed by atoms with Crippen molar-refractivity contribution in [2.45, 2.75) is 43.3 Å². The summed E-state index contributed by atoms with van der Waals surface area (Å²) in [6, 6.07) is 9.06. The number of fused-ring (bicyclic) bond motifs is 1. The summed E-state index contributed by atoms with van der Waals surface area (Å²) in [5.74, 6) is -0.565. The van der Waals surface area contributed by atoms with Crippen molar-refractivity contribution in [3.05, 3.63) is 75.1 Å². The minimum atomic E-state index is -4.24. The van der Waals surface area contributed by atoms with Crippen molar-refractivity contribution in [2.75, 3.05) is 20.6 Å². The predicted molar refractivity (Wildman–Crippen MR) is 144 cm³/mol. The average molecular weight is 586 g/mol. The van der Waals surface area contributed by atoms with Crippen LogP contribution in [0.3, 0.4) is 0 Å². The molecule has 0 spiro atoms. The van der Waals surface area contributed by atoms with Gasteiger partial charge in [-0.1, -0.05) is 46.9 Å². The maximum absolute atomic E-state index is 14.0. The fraction of sp³-hybridized carbons (Fsp3) is 0.360. The second-order valence-electron chi connectivity index (χ2n) is 9.47. The van der Waals surface area contributed by atoms with Crippen molar-refractivity contribution in [1.82, 2.24) is 19.0 Å². The standard InChI is InChI=1S/C25H27Cl3N4O4S/c1-15(2)30-14-23-31(37(35,36)22-10-9-18(27)12-19(22)28)13-21(29(3)4)25(34)32(23)20(24(30)33)11-16-5-7-17(26)8-6-16/h5-10,12,14-15,20-21H,11,13H2,1-4H3. The van der Waals surface area contributed by atoms with E-state index in [9.17, 15) is 18.0 Å². The molecular formula is C25H27Cl3N4O4S. The van der Waals surface area contributed by atoms with Gasteiger partial charge >= 0.3 is 0 Å². The number of carbonyl (C=O) groups excluding carboxylic acids is 2. The largest absolute Gasteiger partial charge is 0.311 e. The highest BCUT2D eigenvalue weighted by molar-refractivity contribution is 7.89. The molecule has 4 rings (SSSR count). The lowest BCUT2D eigenvalue weighted by Crippen LogP contribution is -2.67. The first-order valence-corrected chi connectivity index (χ1v) is 14.2. The van der Waals surface area contributed by atoms with Crippen LogP contribution in [0.5, 0.6) is 0 Å². The Hall–Kier alpha value is -2.30. The normalized spacial score (nSPS) is 20.6. The number of sulfonamides is 1. The Bertz CT molecular complexity index is 1360. The molecule has 0 aromatic heterocycles. The van der Waals surface area contributed by atoms with Crippen LogP contribution in [0.2, 0.25) is 15.1 Å². The van der Waals surface area contributed by atoms with Gasteiger partial charge < -0.3 is 4.90 Å². The van der Waals surface area contributed by atoms with E-state index in [0.717, 1.165) is 9.87 Å². The van der Waals surface area contributed by atoms with Crippen molar-refractivity contribution in [3.8, 4) is 0 Å². The van der Waals surface area contributed by atoms with Crippen molar-refractivity contribution in [1.29, 1.82) is 0 Å². The second-order valence-corrected chi connectivity index (χ2v) is 12.6. The highest BCUT2D eigenvalue weighted by Crippen LogP contribution is 2.37. The number of hydrogen-bond acceptors (Lipinski definition) is 5. The van der Waals surface area contributed by atoms with Crippen molar-refractivity contribution in [3.63, 3.8) is 0 Å². The van der Waals surface area contributed by atoms with E-state index in [2.05, 4.69) is 0 Å². The summed E-state index contributed by atoms with van der Waals surface area (Å²) in [5.41, 5.74) is 0.780. The van der Waals surface area contributed by atoms with E-state index in [1.165, 1.54) is 34.2 Å². The monoisotopic (exact) mass is 584 g/mol. The summed E-state index contributed by atoms with van der Waals surface area (Å²) < 4.78 is 29.1. The van der Waals surface area contributed by atoms with E-state index < -0.39 is 22.1 Å². The van der Waals surface area contributed by atoms with Gasteiger partial charge in [-0.05, 0) is 63.8 Å². The number of amides is 2. The molecule has 12 heteroatoms. The van der Waals surface area contributed by atoms with Crippen molar-refractivity contribution in [2.24, 2.45) is 0 Å². The van der Waals surface area contributed by atoms with Crippen LogP contribution in [0.25, 0.3) is 0 Å². The molecule has 8 nitrogen and oxygen atoms in total. The molecular weight excluding hydrogens is 559 g/mol. The molecule has 2 aliphatic rings. The highest BCUT2D eigenvalue weighted by atomic mass is 35.5. The molecule has 0 aliphatic carbocycles. The number of hydrogen-bond donors (Lipinski definition) is 0. The number of likely N-dealkylation sites (N-methyl/N-ethyl adjacent to an activating group) is 1. The topological polar surface area (TPSA) is 81.2 Å². The van der Waals surface area contributed by atoms with Gasteiger partial charge in [-0.25, -0.2) is 12.7 Å². The van der Waals surface area contributed by atoms with Gasteiger partial charge in [-0.3, -0.25) is 19.4 Å². The number of halogens is 3. The number of nitrogens with zero attached hydrogens (tertiary/aromatic N) is 4. The van der Waals surface area contributed by atoms with E-state index in [4.69, 9.17) is 34.8 Å². The van der Waals surface area contributed by atoms with Crippen molar-refractivity contribution >= 4 is 56.6 Å². The molecule has 0 radical (unpaired) electrons. The molecule has 1 saturated heterocycles. The van der Waals surface area contributed by atoms with Crippen molar-refractivity contribution < 1.29 is 18.0 Å². The van der Waals surface area contributed by atoms with Crippen LogP contribution in [0.15, 0.2) is 59.4 Å². The van der Waals surface area contributed by atoms with E-state index in [1.807, 2.05) is 13.8 Å². The molecule has 2 aliphatic heterocycles. The molecule has 1 fully saturated rings. The molecule has 2 heterocycles. The lowest BCUT2D eigenvalue weighted by molar-refractivity contribution is -0.152. The van der Waals surface area contributed by atoms with Crippen LogP contribution < -0.4 is 0 Å². The Balaban J connectivity index is 1.89. The van der Waals surface area contributed by atoms with E-state index in [-0.39, 0.29) is 46.6 Å². The van der Waals surface area contributed by atoms with Gasteiger partial charge in [0.25, 0.3) is 10.0 Å². The van der Waals surface area contributed by atoms with E-state index >= 15 is 0 Å². The summed E-state index contributed by atoms with van der Waals surface area (Å²) in [4.78, 5) is 31.7. The molecule has 2 atom stereocenters. The van der Waals surface area contributed by atoms with Gasteiger partial charge in [-0.2, -0.15) is 0 Å². The lowest BCUT2D eigenvalue weighted by Gasteiger charge is -2.49. The predicted octanol–water partition coefficient (Wildman–Crippen LogP) is 4.07. The third-order valence-corrected chi connectivity index (χ3v) is 9.19. The van der Waals surface area contributed by atoms with Crippen LogP contribution >= 0.6 is 34.8 Å². The molecule has 2 unspecified atom stereocenters.